The summed E-state index contributed by atoms with van der Waals surface area (Å²) in [5, 5.41) is 0. The lowest BCUT2D eigenvalue weighted by Crippen LogP contribution is -2.05. The van der Waals surface area contributed by atoms with E-state index in [2.05, 4.69) is 23.9 Å². The van der Waals surface area contributed by atoms with E-state index in [0.717, 1.165) is 36.1 Å². The van der Waals surface area contributed by atoms with Crippen molar-refractivity contribution in [2.75, 3.05) is 5.75 Å². The Balaban J connectivity index is 0.000000425. The highest BCUT2D eigenvalue weighted by atomic mass is 32.2. The first-order valence-electron chi connectivity index (χ1n) is 7.46. The van der Waals surface area contributed by atoms with E-state index >= 15 is 0 Å². The first-order chi connectivity index (χ1) is 10.4. The van der Waals surface area contributed by atoms with E-state index in [-0.39, 0.29) is 5.75 Å². The van der Waals surface area contributed by atoms with Crippen LogP contribution in [0.25, 0.3) is 0 Å². The van der Waals surface area contributed by atoms with Gasteiger partial charge in [-0.05, 0) is 28.6 Å². The Morgan fingerprint density at radius 3 is 2.14 bits per heavy atom. The van der Waals surface area contributed by atoms with Crippen molar-refractivity contribution in [2.24, 2.45) is 5.73 Å². The molecular formula is C15H26FNO3S2. The highest BCUT2D eigenvalue weighted by Gasteiger charge is 2.09. The van der Waals surface area contributed by atoms with Crippen LogP contribution in [-0.2, 0) is 21.1 Å². The van der Waals surface area contributed by atoms with Crippen LogP contribution in [0.1, 0.15) is 51.0 Å². The van der Waals surface area contributed by atoms with Crippen molar-refractivity contribution >= 4 is 22.7 Å². The minimum Gasteiger partial charge on any atom is -0.326 e. The molecule has 0 radical (unpaired) electrons. The van der Waals surface area contributed by atoms with Crippen LogP contribution in [0.4, 0.5) is 4.53 Å². The zero-order chi connectivity index (χ0) is 16.8. The Kier molecular flexibility index (Phi) is 12.5. The fraction of sp³-hybridized carbons (Fsp3) is 0.600. The minimum atomic E-state index is -3.88. The van der Waals surface area contributed by atoms with Gasteiger partial charge in [0.1, 0.15) is 0 Å². The lowest BCUT2D eigenvalue weighted by Gasteiger charge is -1.99. The van der Waals surface area contributed by atoms with E-state index < -0.39 is 10.1 Å². The molecule has 0 amide bonds. The Bertz CT molecular complexity index is 478. The van der Waals surface area contributed by atoms with Crippen molar-refractivity contribution in [1.82, 2.24) is 0 Å². The van der Waals surface area contributed by atoms with Gasteiger partial charge in [0.05, 0.1) is 5.75 Å². The third kappa shape index (κ3) is 12.0. The molecule has 1 aromatic carbocycles. The normalized spacial score (nSPS) is 10.9. The molecule has 0 saturated heterocycles. The van der Waals surface area contributed by atoms with E-state index in [1.165, 1.54) is 6.42 Å². The molecule has 0 unspecified atom stereocenters. The van der Waals surface area contributed by atoms with Crippen LogP contribution in [0.2, 0.25) is 0 Å². The standard InChI is InChI=1S/C8H17FO3S.C7H9NS/c1-2-3-4-5-6-7-8-13(10,11)12-9;8-5-6-1-3-7(9)4-2-6/h2-8H2,1H3;1-4,9H,5,8H2. The van der Waals surface area contributed by atoms with Crippen molar-refractivity contribution < 1.29 is 17.3 Å². The highest BCUT2D eigenvalue weighted by Crippen LogP contribution is 2.07. The van der Waals surface area contributed by atoms with Crippen LogP contribution in [0.3, 0.4) is 0 Å². The van der Waals surface area contributed by atoms with E-state index in [1.54, 1.807) is 0 Å². The number of rotatable bonds is 9. The first-order valence-corrected chi connectivity index (χ1v) is 9.48. The fourth-order valence-corrected chi connectivity index (χ4v) is 2.49. The molecule has 0 saturated carbocycles. The maximum absolute atomic E-state index is 11.3. The predicted molar refractivity (Wildman–Crippen MR) is 90.9 cm³/mol. The summed E-state index contributed by atoms with van der Waals surface area (Å²) in [5.74, 6) is -0.213. The summed E-state index contributed by atoms with van der Waals surface area (Å²) in [6.07, 6.45) is 5.76. The summed E-state index contributed by atoms with van der Waals surface area (Å²) in [5.41, 5.74) is 6.52. The van der Waals surface area contributed by atoms with Gasteiger partial charge in [-0.3, -0.25) is 0 Å². The lowest BCUT2D eigenvalue weighted by molar-refractivity contribution is 0.00288. The molecule has 7 heteroatoms. The number of thiol groups is 1. The van der Waals surface area contributed by atoms with E-state index in [1.807, 2.05) is 24.3 Å². The molecule has 4 nitrogen and oxygen atoms in total. The average molecular weight is 352 g/mol. The van der Waals surface area contributed by atoms with Crippen LogP contribution >= 0.6 is 12.6 Å². The van der Waals surface area contributed by atoms with E-state index in [0.29, 0.717) is 13.0 Å². The molecule has 0 aromatic heterocycles. The van der Waals surface area contributed by atoms with Crippen molar-refractivity contribution in [2.45, 2.75) is 56.9 Å². The maximum atomic E-state index is 11.3. The van der Waals surface area contributed by atoms with Crippen LogP contribution in [0.15, 0.2) is 29.2 Å². The molecule has 0 aliphatic rings. The molecule has 128 valence electrons. The second-order valence-electron chi connectivity index (χ2n) is 4.96. The summed E-state index contributed by atoms with van der Waals surface area (Å²) in [7, 11) is -3.88. The lowest BCUT2D eigenvalue weighted by atomic mass is 10.1. The van der Waals surface area contributed by atoms with Gasteiger partial charge < -0.3 is 5.73 Å². The van der Waals surface area contributed by atoms with Crippen molar-refractivity contribution in [3.63, 3.8) is 0 Å². The van der Waals surface area contributed by atoms with Gasteiger partial charge in [-0.1, -0.05) is 55.5 Å². The Hall–Kier alpha value is -0.630. The van der Waals surface area contributed by atoms with Crippen molar-refractivity contribution in [3.05, 3.63) is 29.8 Å². The zero-order valence-corrected chi connectivity index (χ0v) is 14.7. The van der Waals surface area contributed by atoms with Gasteiger partial charge in [0, 0.05) is 11.4 Å². The Morgan fingerprint density at radius 2 is 1.64 bits per heavy atom. The number of unbranched alkanes of at least 4 members (excludes halogenated alkanes) is 5. The van der Waals surface area contributed by atoms with Gasteiger partial charge >= 0.3 is 0 Å². The first kappa shape index (κ1) is 21.4. The van der Waals surface area contributed by atoms with Gasteiger partial charge in [0.15, 0.2) is 0 Å². The number of hydrogen-bond donors (Lipinski definition) is 2. The molecule has 0 aliphatic carbocycles. The summed E-state index contributed by atoms with van der Waals surface area (Å²) in [6.45, 7) is 2.72. The SMILES string of the molecule is CCCCCCCCS(=O)(=O)OF.NCc1ccc(S)cc1. The van der Waals surface area contributed by atoms with Gasteiger partial charge in [0.25, 0.3) is 10.1 Å². The minimum absolute atomic E-state index is 0.213. The van der Waals surface area contributed by atoms with Crippen molar-refractivity contribution in [1.29, 1.82) is 0 Å². The number of hydrogen-bond acceptors (Lipinski definition) is 5. The summed E-state index contributed by atoms with van der Waals surface area (Å²) < 4.78 is 35.1. The molecule has 1 rings (SSSR count). The van der Waals surface area contributed by atoms with Gasteiger partial charge in [-0.25, -0.2) is 0 Å². The monoisotopic (exact) mass is 351 g/mol. The average Bonchev–Trinajstić information content (AvgIpc) is 2.52. The van der Waals surface area contributed by atoms with Crippen LogP contribution < -0.4 is 5.73 Å². The largest absolute Gasteiger partial charge is 0.326 e. The maximum Gasteiger partial charge on any atom is 0.297 e. The fourth-order valence-electron chi connectivity index (χ4n) is 1.72. The van der Waals surface area contributed by atoms with Crippen LogP contribution in [0, 0.1) is 0 Å². The Labute approximate surface area is 138 Å². The number of nitrogens with two attached hydrogens (primary N) is 1. The predicted octanol–water partition coefficient (Wildman–Crippen LogP) is 4.01. The molecule has 0 atom stereocenters. The molecule has 0 bridgehead atoms. The van der Waals surface area contributed by atoms with E-state index in [9.17, 15) is 12.9 Å². The molecule has 22 heavy (non-hydrogen) atoms. The third-order valence-electron chi connectivity index (χ3n) is 3.02. The summed E-state index contributed by atoms with van der Waals surface area (Å²) in [4.78, 5) is 0.979. The second kappa shape index (κ2) is 12.9. The van der Waals surface area contributed by atoms with Gasteiger partial charge in [-0.15, -0.1) is 12.6 Å². The molecule has 0 aliphatic heterocycles. The zero-order valence-electron chi connectivity index (χ0n) is 13.0. The van der Waals surface area contributed by atoms with Gasteiger partial charge in [0.2, 0.25) is 0 Å². The number of benzene rings is 1. The molecule has 0 spiro atoms. The van der Waals surface area contributed by atoms with Gasteiger partial charge in [-0.2, -0.15) is 8.42 Å². The topological polar surface area (TPSA) is 69.4 Å². The highest BCUT2D eigenvalue weighted by molar-refractivity contribution is 7.86. The smallest absolute Gasteiger partial charge is 0.297 e. The summed E-state index contributed by atoms with van der Waals surface area (Å²) >= 11 is 4.13. The Morgan fingerprint density at radius 1 is 1.09 bits per heavy atom. The molecular weight excluding hydrogens is 325 g/mol. The third-order valence-corrected chi connectivity index (χ3v) is 4.29. The number of halogens is 1. The van der Waals surface area contributed by atoms with Crippen LogP contribution in [-0.4, -0.2) is 14.2 Å². The summed E-state index contributed by atoms with van der Waals surface area (Å²) in [6, 6.07) is 7.82. The molecule has 2 N–H and O–H groups in total. The van der Waals surface area contributed by atoms with E-state index in [4.69, 9.17) is 5.73 Å². The molecule has 0 heterocycles. The quantitative estimate of drug-likeness (QED) is 0.521. The van der Waals surface area contributed by atoms with Crippen molar-refractivity contribution in [3.8, 4) is 0 Å². The van der Waals surface area contributed by atoms with Crippen LogP contribution in [0.5, 0.6) is 0 Å². The molecule has 0 fully saturated rings. The molecule has 1 aromatic rings. The second-order valence-corrected chi connectivity index (χ2v) is 7.13.